The Morgan fingerprint density at radius 2 is 2.00 bits per heavy atom. The second-order valence-electron chi connectivity index (χ2n) is 4.77. The molecule has 1 fully saturated rings. The molecular formula is C14H22ClN3. The van der Waals surface area contributed by atoms with Crippen LogP contribution in [0.3, 0.4) is 0 Å². The quantitative estimate of drug-likeness (QED) is 0.824. The van der Waals surface area contributed by atoms with Crippen LogP contribution in [0.15, 0.2) is 24.3 Å². The molecule has 2 rings (SSSR count). The Kier molecular flexibility index (Phi) is 5.29. The van der Waals surface area contributed by atoms with Crippen LogP contribution in [0.5, 0.6) is 0 Å². The number of anilines is 1. The summed E-state index contributed by atoms with van der Waals surface area (Å²) in [7, 11) is 2.01. The molecule has 1 N–H and O–H groups in total. The summed E-state index contributed by atoms with van der Waals surface area (Å²) in [5.41, 5.74) is 1.25. The molecule has 0 spiro atoms. The van der Waals surface area contributed by atoms with E-state index in [1.165, 1.54) is 18.7 Å². The van der Waals surface area contributed by atoms with E-state index < -0.39 is 0 Å². The summed E-state index contributed by atoms with van der Waals surface area (Å²) in [4.78, 5) is 4.96. The van der Waals surface area contributed by atoms with Gasteiger partial charge >= 0.3 is 0 Å². The number of nitrogens with one attached hydrogen (secondary N) is 1. The van der Waals surface area contributed by atoms with E-state index >= 15 is 0 Å². The van der Waals surface area contributed by atoms with Crippen molar-refractivity contribution in [1.29, 1.82) is 0 Å². The fraction of sp³-hybridized carbons (Fsp3) is 0.571. The Morgan fingerprint density at radius 1 is 1.22 bits per heavy atom. The predicted octanol–water partition coefficient (Wildman–Crippen LogP) is 2.07. The van der Waals surface area contributed by atoms with E-state index in [0.717, 1.165) is 37.7 Å². The molecule has 1 aromatic carbocycles. The molecule has 0 aliphatic carbocycles. The Bertz CT molecular complexity index is 362. The third-order valence-corrected chi connectivity index (χ3v) is 3.68. The molecule has 100 valence electrons. The Balaban J connectivity index is 1.79. The maximum atomic E-state index is 6.03. The van der Waals surface area contributed by atoms with Gasteiger partial charge in [0, 0.05) is 36.9 Å². The number of benzene rings is 1. The van der Waals surface area contributed by atoms with E-state index in [2.05, 4.69) is 27.2 Å². The summed E-state index contributed by atoms with van der Waals surface area (Å²) in [6, 6.07) is 8.15. The van der Waals surface area contributed by atoms with Gasteiger partial charge in [0.05, 0.1) is 0 Å². The highest BCUT2D eigenvalue weighted by molar-refractivity contribution is 6.30. The number of hydrogen-bond donors (Lipinski definition) is 1. The summed E-state index contributed by atoms with van der Waals surface area (Å²) in [6.07, 6.45) is 1.23. The fourth-order valence-electron chi connectivity index (χ4n) is 2.38. The van der Waals surface area contributed by atoms with Crippen molar-refractivity contribution in [3.63, 3.8) is 0 Å². The van der Waals surface area contributed by atoms with E-state index in [1.807, 2.05) is 19.2 Å². The van der Waals surface area contributed by atoms with Gasteiger partial charge in [-0.05, 0) is 44.8 Å². The van der Waals surface area contributed by atoms with Crippen molar-refractivity contribution in [2.24, 2.45) is 0 Å². The van der Waals surface area contributed by atoms with Crippen LogP contribution in [0, 0.1) is 0 Å². The van der Waals surface area contributed by atoms with Crippen LogP contribution in [-0.4, -0.2) is 51.2 Å². The van der Waals surface area contributed by atoms with E-state index in [0.29, 0.717) is 0 Å². The van der Waals surface area contributed by atoms with Gasteiger partial charge in [0.25, 0.3) is 0 Å². The van der Waals surface area contributed by atoms with E-state index in [4.69, 9.17) is 11.6 Å². The SMILES string of the molecule is CNCCCN1CCN(c2cccc(Cl)c2)CC1. The molecule has 1 aliphatic heterocycles. The zero-order chi connectivity index (χ0) is 12.8. The minimum Gasteiger partial charge on any atom is -0.369 e. The van der Waals surface area contributed by atoms with Crippen LogP contribution in [0.1, 0.15) is 6.42 Å². The molecule has 1 saturated heterocycles. The van der Waals surface area contributed by atoms with E-state index in [9.17, 15) is 0 Å². The van der Waals surface area contributed by atoms with Crippen molar-refractivity contribution in [2.75, 3.05) is 51.2 Å². The summed E-state index contributed by atoms with van der Waals surface area (Å²) >= 11 is 6.03. The average Bonchev–Trinajstić information content (AvgIpc) is 2.40. The first-order chi connectivity index (χ1) is 8.79. The van der Waals surface area contributed by atoms with Gasteiger partial charge in [-0.2, -0.15) is 0 Å². The summed E-state index contributed by atoms with van der Waals surface area (Å²) in [5, 5.41) is 4.02. The van der Waals surface area contributed by atoms with Crippen molar-refractivity contribution < 1.29 is 0 Å². The Morgan fingerprint density at radius 3 is 2.67 bits per heavy atom. The second-order valence-corrected chi connectivity index (χ2v) is 5.20. The molecule has 1 heterocycles. The van der Waals surface area contributed by atoms with Crippen LogP contribution in [0.4, 0.5) is 5.69 Å². The molecule has 18 heavy (non-hydrogen) atoms. The molecule has 0 unspecified atom stereocenters. The van der Waals surface area contributed by atoms with Gasteiger partial charge in [-0.1, -0.05) is 17.7 Å². The summed E-state index contributed by atoms with van der Waals surface area (Å²) in [5.74, 6) is 0. The standard InChI is InChI=1S/C14H22ClN3/c1-16-6-3-7-17-8-10-18(11-9-17)14-5-2-4-13(15)12-14/h2,4-5,12,16H,3,6-11H2,1H3. The lowest BCUT2D eigenvalue weighted by molar-refractivity contribution is 0.254. The Labute approximate surface area is 115 Å². The number of piperazine rings is 1. The lowest BCUT2D eigenvalue weighted by Gasteiger charge is -2.36. The van der Waals surface area contributed by atoms with Crippen LogP contribution < -0.4 is 10.2 Å². The highest BCUT2D eigenvalue weighted by Gasteiger charge is 2.16. The third kappa shape index (κ3) is 3.87. The molecule has 0 bridgehead atoms. The van der Waals surface area contributed by atoms with Gasteiger partial charge in [-0.15, -0.1) is 0 Å². The molecule has 1 aliphatic rings. The number of nitrogens with zero attached hydrogens (tertiary/aromatic N) is 2. The van der Waals surface area contributed by atoms with Gasteiger partial charge in [0.15, 0.2) is 0 Å². The highest BCUT2D eigenvalue weighted by Crippen LogP contribution is 2.20. The van der Waals surface area contributed by atoms with Crippen LogP contribution in [-0.2, 0) is 0 Å². The lowest BCUT2D eigenvalue weighted by atomic mass is 10.2. The second kappa shape index (κ2) is 6.98. The van der Waals surface area contributed by atoms with Crippen molar-refractivity contribution in [3.05, 3.63) is 29.3 Å². The molecule has 3 nitrogen and oxygen atoms in total. The zero-order valence-corrected chi connectivity index (χ0v) is 11.8. The van der Waals surface area contributed by atoms with Crippen LogP contribution in [0.2, 0.25) is 5.02 Å². The number of halogens is 1. The third-order valence-electron chi connectivity index (χ3n) is 3.45. The average molecular weight is 268 g/mol. The first-order valence-corrected chi connectivity index (χ1v) is 7.05. The van der Waals surface area contributed by atoms with Gasteiger partial charge < -0.3 is 10.2 Å². The van der Waals surface area contributed by atoms with Crippen molar-refractivity contribution in [2.45, 2.75) is 6.42 Å². The Hall–Kier alpha value is -0.770. The highest BCUT2D eigenvalue weighted by atomic mass is 35.5. The van der Waals surface area contributed by atoms with Crippen molar-refractivity contribution >= 4 is 17.3 Å². The van der Waals surface area contributed by atoms with Gasteiger partial charge in [-0.25, -0.2) is 0 Å². The topological polar surface area (TPSA) is 18.5 Å². The van der Waals surface area contributed by atoms with E-state index in [-0.39, 0.29) is 0 Å². The number of hydrogen-bond acceptors (Lipinski definition) is 3. The molecule has 0 aromatic heterocycles. The molecule has 4 heteroatoms. The molecular weight excluding hydrogens is 246 g/mol. The van der Waals surface area contributed by atoms with Gasteiger partial charge in [0.1, 0.15) is 0 Å². The minimum absolute atomic E-state index is 0.823. The molecule has 0 amide bonds. The zero-order valence-electron chi connectivity index (χ0n) is 11.0. The molecule has 0 saturated carbocycles. The van der Waals surface area contributed by atoms with Gasteiger partial charge in [0.2, 0.25) is 0 Å². The maximum Gasteiger partial charge on any atom is 0.0426 e. The van der Waals surface area contributed by atoms with Crippen molar-refractivity contribution in [1.82, 2.24) is 10.2 Å². The lowest BCUT2D eigenvalue weighted by Crippen LogP contribution is -2.46. The summed E-state index contributed by atoms with van der Waals surface area (Å²) < 4.78 is 0. The first-order valence-electron chi connectivity index (χ1n) is 6.67. The number of rotatable bonds is 5. The predicted molar refractivity (Wildman–Crippen MR) is 78.6 cm³/mol. The maximum absolute atomic E-state index is 6.03. The summed E-state index contributed by atoms with van der Waals surface area (Å²) in [6.45, 7) is 6.80. The van der Waals surface area contributed by atoms with Crippen LogP contribution in [0.25, 0.3) is 0 Å². The van der Waals surface area contributed by atoms with Crippen LogP contribution >= 0.6 is 11.6 Å². The van der Waals surface area contributed by atoms with Crippen molar-refractivity contribution in [3.8, 4) is 0 Å². The monoisotopic (exact) mass is 267 g/mol. The van der Waals surface area contributed by atoms with E-state index in [1.54, 1.807) is 0 Å². The normalized spacial score (nSPS) is 17.1. The fourth-order valence-corrected chi connectivity index (χ4v) is 2.57. The minimum atomic E-state index is 0.823. The smallest absolute Gasteiger partial charge is 0.0426 e. The molecule has 0 radical (unpaired) electrons. The first kappa shape index (κ1) is 13.7. The van der Waals surface area contributed by atoms with Gasteiger partial charge in [-0.3, -0.25) is 4.90 Å². The molecule has 1 aromatic rings. The molecule has 0 atom stereocenters. The largest absolute Gasteiger partial charge is 0.369 e.